The molecule has 0 saturated heterocycles. The van der Waals surface area contributed by atoms with Gasteiger partial charge in [0.25, 0.3) is 5.91 Å². The van der Waals surface area contributed by atoms with Crippen LogP contribution in [0.15, 0.2) is 29.4 Å². The van der Waals surface area contributed by atoms with Crippen molar-refractivity contribution < 1.29 is 14.0 Å². The molecule has 2 rings (SSSR count). The van der Waals surface area contributed by atoms with Crippen molar-refractivity contribution in [1.29, 1.82) is 0 Å². The first-order chi connectivity index (χ1) is 12.7. The molecule has 5 nitrogen and oxygen atoms in total. The zero-order chi connectivity index (χ0) is 20.0. The summed E-state index contributed by atoms with van der Waals surface area (Å²) in [6.07, 6.45) is 3.60. The first-order valence-corrected chi connectivity index (χ1v) is 9.62. The van der Waals surface area contributed by atoms with Gasteiger partial charge in [-0.3, -0.25) is 4.79 Å². The van der Waals surface area contributed by atoms with E-state index >= 15 is 0 Å². The number of amides is 1. The SMILES string of the molecule is CC(C)=NOC(C)C(=O)NC1CCC(Cc2ccccc2F)(N(C)C)CC1. The summed E-state index contributed by atoms with van der Waals surface area (Å²) in [5, 5.41) is 6.92. The van der Waals surface area contributed by atoms with Crippen LogP contribution in [0.1, 0.15) is 52.0 Å². The average molecular weight is 378 g/mol. The second-order valence-corrected chi connectivity index (χ2v) is 7.96. The lowest BCUT2D eigenvalue weighted by Gasteiger charge is -2.45. The normalized spacial score (nSPS) is 23.6. The van der Waals surface area contributed by atoms with Crippen LogP contribution >= 0.6 is 0 Å². The van der Waals surface area contributed by atoms with E-state index in [0.717, 1.165) is 37.0 Å². The maximum atomic E-state index is 14.1. The predicted molar refractivity (Wildman–Crippen MR) is 106 cm³/mol. The van der Waals surface area contributed by atoms with E-state index < -0.39 is 6.10 Å². The first kappa shape index (κ1) is 21.4. The highest BCUT2D eigenvalue weighted by Crippen LogP contribution is 2.36. The molecule has 0 spiro atoms. The van der Waals surface area contributed by atoms with Gasteiger partial charge in [0.15, 0.2) is 0 Å². The minimum absolute atomic E-state index is 0.0881. The summed E-state index contributed by atoms with van der Waals surface area (Å²) in [5.74, 6) is -0.289. The summed E-state index contributed by atoms with van der Waals surface area (Å²) >= 11 is 0. The van der Waals surface area contributed by atoms with E-state index in [2.05, 4.69) is 29.5 Å². The molecule has 1 N–H and O–H groups in total. The molecule has 0 aliphatic heterocycles. The third kappa shape index (κ3) is 5.76. The number of hydrogen-bond donors (Lipinski definition) is 1. The third-order valence-corrected chi connectivity index (χ3v) is 5.45. The molecule has 1 saturated carbocycles. The van der Waals surface area contributed by atoms with Gasteiger partial charge in [-0.25, -0.2) is 4.39 Å². The number of oxime groups is 1. The largest absolute Gasteiger partial charge is 0.383 e. The molecule has 0 aromatic heterocycles. The van der Waals surface area contributed by atoms with Gasteiger partial charge < -0.3 is 15.1 Å². The summed E-state index contributed by atoms with van der Waals surface area (Å²) in [4.78, 5) is 19.7. The number of likely N-dealkylation sites (N-methyl/N-ethyl adjacent to an activating group) is 1. The van der Waals surface area contributed by atoms with Crippen LogP contribution in [0.4, 0.5) is 4.39 Å². The summed E-state index contributed by atoms with van der Waals surface area (Å²) < 4.78 is 14.1. The summed E-state index contributed by atoms with van der Waals surface area (Å²) in [6.45, 7) is 5.34. The molecule has 6 heteroatoms. The molecule has 1 unspecified atom stereocenters. The number of nitrogens with zero attached hydrogens (tertiary/aromatic N) is 2. The topological polar surface area (TPSA) is 53.9 Å². The van der Waals surface area contributed by atoms with Gasteiger partial charge in [-0.2, -0.15) is 0 Å². The fourth-order valence-electron chi connectivity index (χ4n) is 3.63. The fourth-order valence-corrected chi connectivity index (χ4v) is 3.63. The van der Waals surface area contributed by atoms with Crippen molar-refractivity contribution >= 4 is 11.6 Å². The summed E-state index contributed by atoms with van der Waals surface area (Å²) in [6, 6.07) is 7.11. The lowest BCUT2D eigenvalue weighted by molar-refractivity contribution is -0.132. The van der Waals surface area contributed by atoms with Crippen LogP contribution in [0.3, 0.4) is 0 Å². The highest BCUT2D eigenvalue weighted by Gasteiger charge is 2.38. The Morgan fingerprint density at radius 3 is 2.52 bits per heavy atom. The Kier molecular flexibility index (Phi) is 7.36. The molecule has 1 aliphatic rings. The second kappa shape index (κ2) is 9.31. The fraction of sp³-hybridized carbons (Fsp3) is 0.619. The van der Waals surface area contributed by atoms with E-state index in [1.165, 1.54) is 6.07 Å². The van der Waals surface area contributed by atoms with Crippen molar-refractivity contribution in [2.75, 3.05) is 14.1 Å². The van der Waals surface area contributed by atoms with Gasteiger partial charge in [-0.05, 0) is 78.6 Å². The number of halogens is 1. The number of nitrogens with one attached hydrogen (secondary N) is 1. The number of carbonyl (C=O) groups is 1. The molecule has 0 heterocycles. The smallest absolute Gasteiger partial charge is 0.263 e. The van der Waals surface area contributed by atoms with E-state index in [-0.39, 0.29) is 23.3 Å². The van der Waals surface area contributed by atoms with Gasteiger partial charge in [0.1, 0.15) is 5.82 Å². The van der Waals surface area contributed by atoms with E-state index in [9.17, 15) is 9.18 Å². The third-order valence-electron chi connectivity index (χ3n) is 5.45. The van der Waals surface area contributed by atoms with Crippen LogP contribution in [0, 0.1) is 5.82 Å². The van der Waals surface area contributed by atoms with Crippen molar-refractivity contribution in [3.05, 3.63) is 35.6 Å². The van der Waals surface area contributed by atoms with Crippen LogP contribution < -0.4 is 5.32 Å². The minimum Gasteiger partial charge on any atom is -0.383 e. The van der Waals surface area contributed by atoms with E-state index in [1.54, 1.807) is 13.0 Å². The Labute approximate surface area is 161 Å². The lowest BCUT2D eigenvalue weighted by Crippen LogP contribution is -2.53. The molecular weight excluding hydrogens is 345 g/mol. The number of hydrogen-bond acceptors (Lipinski definition) is 4. The highest BCUT2D eigenvalue weighted by molar-refractivity contribution is 5.81. The Morgan fingerprint density at radius 2 is 1.96 bits per heavy atom. The van der Waals surface area contributed by atoms with Crippen LogP contribution in [-0.2, 0) is 16.1 Å². The average Bonchev–Trinajstić information content (AvgIpc) is 2.63. The van der Waals surface area contributed by atoms with E-state index in [4.69, 9.17) is 4.84 Å². The van der Waals surface area contributed by atoms with Crippen molar-refractivity contribution in [2.24, 2.45) is 5.16 Å². The van der Waals surface area contributed by atoms with Gasteiger partial charge in [-0.15, -0.1) is 0 Å². The Morgan fingerprint density at radius 1 is 1.33 bits per heavy atom. The van der Waals surface area contributed by atoms with Crippen molar-refractivity contribution in [1.82, 2.24) is 10.2 Å². The molecule has 1 aromatic carbocycles. The Bertz CT molecular complexity index is 663. The van der Waals surface area contributed by atoms with Gasteiger partial charge >= 0.3 is 0 Å². The van der Waals surface area contributed by atoms with Gasteiger partial charge in [0.05, 0.1) is 5.71 Å². The van der Waals surface area contributed by atoms with Crippen molar-refractivity contribution in [2.45, 2.75) is 70.6 Å². The van der Waals surface area contributed by atoms with Crippen LogP contribution in [0.25, 0.3) is 0 Å². The number of benzene rings is 1. The van der Waals surface area contributed by atoms with Crippen molar-refractivity contribution in [3.63, 3.8) is 0 Å². The molecule has 1 aromatic rings. The molecule has 1 amide bonds. The first-order valence-electron chi connectivity index (χ1n) is 9.62. The summed E-state index contributed by atoms with van der Waals surface area (Å²) in [5.41, 5.74) is 1.44. The van der Waals surface area contributed by atoms with Gasteiger partial charge in [0.2, 0.25) is 6.10 Å². The Hall–Kier alpha value is -1.95. The molecular formula is C21H32FN3O2. The quantitative estimate of drug-likeness (QED) is 0.584. The van der Waals surface area contributed by atoms with Crippen LogP contribution in [0.5, 0.6) is 0 Å². The maximum Gasteiger partial charge on any atom is 0.263 e. The zero-order valence-corrected chi connectivity index (χ0v) is 17.1. The molecule has 1 atom stereocenters. The molecule has 1 fully saturated rings. The number of carbonyl (C=O) groups excluding carboxylic acids is 1. The highest BCUT2D eigenvalue weighted by atomic mass is 19.1. The zero-order valence-electron chi connectivity index (χ0n) is 17.1. The molecule has 0 radical (unpaired) electrons. The molecule has 150 valence electrons. The number of rotatable bonds is 7. The minimum atomic E-state index is -0.612. The predicted octanol–water partition coefficient (Wildman–Crippen LogP) is 3.53. The van der Waals surface area contributed by atoms with E-state index in [0.29, 0.717) is 6.42 Å². The Balaban J connectivity index is 1.95. The van der Waals surface area contributed by atoms with Crippen molar-refractivity contribution in [3.8, 4) is 0 Å². The monoisotopic (exact) mass is 377 g/mol. The van der Waals surface area contributed by atoms with Crippen LogP contribution in [0.2, 0.25) is 0 Å². The molecule has 0 bridgehead atoms. The van der Waals surface area contributed by atoms with Gasteiger partial charge in [-0.1, -0.05) is 23.4 Å². The van der Waals surface area contributed by atoms with E-state index in [1.807, 2.05) is 26.0 Å². The standard InChI is InChI=1S/C21H32FN3O2/c1-15(2)24-27-16(3)20(26)23-18-10-12-21(13-11-18,25(4)5)14-17-8-6-7-9-19(17)22/h6-9,16,18H,10-14H2,1-5H3,(H,23,26). The molecule has 27 heavy (non-hydrogen) atoms. The second-order valence-electron chi connectivity index (χ2n) is 7.96. The lowest BCUT2D eigenvalue weighted by atomic mass is 9.74. The maximum absolute atomic E-state index is 14.1. The summed E-state index contributed by atoms with van der Waals surface area (Å²) in [7, 11) is 4.11. The van der Waals surface area contributed by atoms with Gasteiger partial charge in [0, 0.05) is 11.6 Å². The van der Waals surface area contributed by atoms with Crippen LogP contribution in [-0.4, -0.2) is 48.3 Å². The molecule has 1 aliphatic carbocycles.